The van der Waals surface area contributed by atoms with Crippen LogP contribution in [0.3, 0.4) is 0 Å². The third kappa shape index (κ3) is 3.90. The molecule has 0 aliphatic heterocycles. The first kappa shape index (κ1) is 14.2. The van der Waals surface area contributed by atoms with Gasteiger partial charge in [-0.2, -0.15) is 0 Å². The molecule has 5 heteroatoms. The summed E-state index contributed by atoms with van der Waals surface area (Å²) in [6.45, 7) is 0.330. The standard InChI is InChI=1S/C15H14ClNO3/c16-12-3-5-13(6-4-12)17(10-15(19)20)9-11-1-7-14(18)8-2-11/h1-8,18H,9-10H2,(H,19,20). The maximum atomic E-state index is 11.0. The van der Waals surface area contributed by atoms with Gasteiger partial charge in [0.25, 0.3) is 0 Å². The van der Waals surface area contributed by atoms with E-state index in [0.717, 1.165) is 11.3 Å². The molecule has 2 aromatic rings. The van der Waals surface area contributed by atoms with E-state index in [9.17, 15) is 9.90 Å². The average molecular weight is 292 g/mol. The summed E-state index contributed by atoms with van der Waals surface area (Å²) < 4.78 is 0. The molecule has 2 N–H and O–H groups in total. The molecular formula is C15H14ClNO3. The largest absolute Gasteiger partial charge is 0.508 e. The van der Waals surface area contributed by atoms with Gasteiger partial charge in [0.15, 0.2) is 0 Å². The number of aromatic hydroxyl groups is 1. The van der Waals surface area contributed by atoms with E-state index in [4.69, 9.17) is 16.7 Å². The molecule has 0 aliphatic carbocycles. The van der Waals surface area contributed by atoms with Gasteiger partial charge in [-0.1, -0.05) is 23.7 Å². The van der Waals surface area contributed by atoms with E-state index >= 15 is 0 Å². The maximum Gasteiger partial charge on any atom is 0.323 e. The molecule has 0 radical (unpaired) electrons. The van der Waals surface area contributed by atoms with Crippen molar-refractivity contribution >= 4 is 23.3 Å². The monoisotopic (exact) mass is 291 g/mol. The highest BCUT2D eigenvalue weighted by Crippen LogP contribution is 2.20. The fourth-order valence-corrected chi connectivity index (χ4v) is 2.00. The molecule has 0 fully saturated rings. The normalized spacial score (nSPS) is 10.2. The van der Waals surface area contributed by atoms with Gasteiger partial charge in [-0.05, 0) is 42.0 Å². The van der Waals surface area contributed by atoms with Crippen molar-refractivity contribution < 1.29 is 15.0 Å². The van der Waals surface area contributed by atoms with Gasteiger partial charge < -0.3 is 15.1 Å². The highest BCUT2D eigenvalue weighted by molar-refractivity contribution is 6.30. The summed E-state index contributed by atoms with van der Waals surface area (Å²) in [5.74, 6) is -0.719. The fourth-order valence-electron chi connectivity index (χ4n) is 1.88. The molecule has 4 nitrogen and oxygen atoms in total. The molecule has 0 aromatic heterocycles. The number of aliphatic carboxylic acids is 1. The van der Waals surface area contributed by atoms with Gasteiger partial charge >= 0.3 is 5.97 Å². The number of benzene rings is 2. The van der Waals surface area contributed by atoms with E-state index < -0.39 is 5.97 Å². The number of rotatable bonds is 5. The minimum atomic E-state index is -0.904. The molecule has 0 atom stereocenters. The Bertz CT molecular complexity index is 581. The molecule has 20 heavy (non-hydrogen) atoms. The van der Waals surface area contributed by atoms with Crippen molar-refractivity contribution in [3.63, 3.8) is 0 Å². The zero-order chi connectivity index (χ0) is 14.5. The summed E-state index contributed by atoms with van der Waals surface area (Å²) in [6, 6.07) is 13.7. The Hall–Kier alpha value is -2.20. The lowest BCUT2D eigenvalue weighted by Crippen LogP contribution is -2.29. The molecule has 0 saturated heterocycles. The Morgan fingerprint density at radius 3 is 2.20 bits per heavy atom. The molecule has 0 bridgehead atoms. The minimum Gasteiger partial charge on any atom is -0.508 e. The number of phenolic OH excluding ortho intramolecular Hbond substituents is 1. The number of carboxylic acids is 1. The molecule has 104 valence electrons. The van der Waals surface area contributed by atoms with Crippen LogP contribution < -0.4 is 4.90 Å². The number of hydrogen-bond acceptors (Lipinski definition) is 3. The van der Waals surface area contributed by atoms with Gasteiger partial charge in [-0.3, -0.25) is 4.79 Å². The fraction of sp³-hybridized carbons (Fsp3) is 0.133. The second kappa shape index (κ2) is 6.30. The van der Waals surface area contributed by atoms with Crippen molar-refractivity contribution in [2.45, 2.75) is 6.54 Å². The van der Waals surface area contributed by atoms with Crippen LogP contribution in [0.4, 0.5) is 5.69 Å². The number of carbonyl (C=O) groups is 1. The number of anilines is 1. The zero-order valence-corrected chi connectivity index (χ0v) is 11.4. The van der Waals surface area contributed by atoms with Gasteiger partial charge in [0.05, 0.1) is 0 Å². The smallest absolute Gasteiger partial charge is 0.323 e. The predicted octanol–water partition coefficient (Wildman–Crippen LogP) is 3.14. The minimum absolute atomic E-state index is 0.109. The van der Waals surface area contributed by atoms with Crippen LogP contribution in [0.25, 0.3) is 0 Å². The first-order valence-electron chi connectivity index (χ1n) is 6.05. The SMILES string of the molecule is O=C(O)CN(Cc1ccc(O)cc1)c1ccc(Cl)cc1. The van der Waals surface area contributed by atoms with Crippen LogP contribution in [0.2, 0.25) is 5.02 Å². The second-order valence-electron chi connectivity index (χ2n) is 4.39. The molecule has 0 saturated carbocycles. The molecular weight excluding hydrogens is 278 g/mol. The molecule has 0 aliphatic rings. The topological polar surface area (TPSA) is 60.8 Å². The number of nitrogens with zero attached hydrogens (tertiary/aromatic N) is 1. The summed E-state index contributed by atoms with van der Waals surface area (Å²) >= 11 is 5.84. The van der Waals surface area contributed by atoms with Crippen molar-refractivity contribution in [2.75, 3.05) is 11.4 Å². The Morgan fingerprint density at radius 2 is 1.65 bits per heavy atom. The van der Waals surface area contributed by atoms with Crippen molar-refractivity contribution in [3.05, 3.63) is 59.1 Å². The number of phenols is 1. The number of hydrogen-bond donors (Lipinski definition) is 2. The van der Waals surface area contributed by atoms with E-state index in [1.807, 2.05) is 0 Å². The van der Waals surface area contributed by atoms with E-state index in [1.165, 1.54) is 0 Å². The van der Waals surface area contributed by atoms with Gasteiger partial charge in [0, 0.05) is 17.3 Å². The summed E-state index contributed by atoms with van der Waals surface area (Å²) in [4.78, 5) is 12.7. The van der Waals surface area contributed by atoms with Crippen LogP contribution in [0, 0.1) is 0 Å². The van der Waals surface area contributed by atoms with Gasteiger partial charge in [0.2, 0.25) is 0 Å². The maximum absolute atomic E-state index is 11.0. The van der Waals surface area contributed by atoms with Gasteiger partial charge in [-0.15, -0.1) is 0 Å². The lowest BCUT2D eigenvalue weighted by atomic mass is 10.2. The van der Waals surface area contributed by atoms with Gasteiger partial charge in [0.1, 0.15) is 12.3 Å². The van der Waals surface area contributed by atoms with Crippen LogP contribution in [-0.2, 0) is 11.3 Å². The summed E-state index contributed by atoms with van der Waals surface area (Å²) in [5, 5.41) is 18.9. The van der Waals surface area contributed by atoms with Crippen LogP contribution in [-0.4, -0.2) is 22.7 Å². The van der Waals surface area contributed by atoms with Crippen LogP contribution in [0.15, 0.2) is 48.5 Å². The van der Waals surface area contributed by atoms with E-state index in [1.54, 1.807) is 53.4 Å². The van der Waals surface area contributed by atoms with E-state index in [-0.39, 0.29) is 12.3 Å². The highest BCUT2D eigenvalue weighted by Gasteiger charge is 2.11. The number of halogens is 1. The lowest BCUT2D eigenvalue weighted by Gasteiger charge is -2.23. The quantitative estimate of drug-likeness (QED) is 0.888. The molecule has 2 rings (SSSR count). The third-order valence-corrected chi connectivity index (χ3v) is 3.08. The predicted molar refractivity (Wildman–Crippen MR) is 78.2 cm³/mol. The Morgan fingerprint density at radius 1 is 1.05 bits per heavy atom. The van der Waals surface area contributed by atoms with Crippen molar-refractivity contribution in [2.24, 2.45) is 0 Å². The van der Waals surface area contributed by atoms with Crippen LogP contribution in [0.5, 0.6) is 5.75 Å². The van der Waals surface area contributed by atoms with Gasteiger partial charge in [-0.25, -0.2) is 0 Å². The number of carboxylic acid groups (broad SMARTS) is 1. The summed E-state index contributed by atoms with van der Waals surface area (Å²) in [7, 11) is 0. The summed E-state index contributed by atoms with van der Waals surface area (Å²) in [5.41, 5.74) is 1.70. The van der Waals surface area contributed by atoms with E-state index in [2.05, 4.69) is 0 Å². The molecule has 0 heterocycles. The highest BCUT2D eigenvalue weighted by atomic mass is 35.5. The third-order valence-electron chi connectivity index (χ3n) is 2.83. The molecule has 2 aromatic carbocycles. The van der Waals surface area contributed by atoms with Crippen LogP contribution >= 0.6 is 11.6 Å². The lowest BCUT2D eigenvalue weighted by molar-refractivity contribution is -0.135. The Balaban J connectivity index is 2.21. The van der Waals surface area contributed by atoms with Crippen molar-refractivity contribution in [1.82, 2.24) is 0 Å². The average Bonchev–Trinajstić information content (AvgIpc) is 2.41. The van der Waals surface area contributed by atoms with Crippen molar-refractivity contribution in [3.8, 4) is 5.75 Å². The molecule has 0 spiro atoms. The first-order valence-corrected chi connectivity index (χ1v) is 6.42. The Kier molecular flexibility index (Phi) is 4.48. The van der Waals surface area contributed by atoms with Crippen LogP contribution in [0.1, 0.15) is 5.56 Å². The molecule has 0 unspecified atom stereocenters. The van der Waals surface area contributed by atoms with Crippen molar-refractivity contribution in [1.29, 1.82) is 0 Å². The second-order valence-corrected chi connectivity index (χ2v) is 4.83. The van der Waals surface area contributed by atoms with E-state index in [0.29, 0.717) is 11.6 Å². The first-order chi connectivity index (χ1) is 9.54. The Labute approximate surface area is 121 Å². The zero-order valence-electron chi connectivity index (χ0n) is 10.7. The summed E-state index contributed by atoms with van der Waals surface area (Å²) in [6.07, 6.45) is 0. The molecule has 0 amide bonds.